The molecule has 0 bridgehead atoms. The van der Waals surface area contributed by atoms with Crippen molar-refractivity contribution >= 4 is 11.8 Å². The Hall–Kier alpha value is -2.80. The molecule has 2 aliphatic rings. The van der Waals surface area contributed by atoms with E-state index in [-0.39, 0.29) is 17.9 Å². The fraction of sp³-hybridized carbons (Fsp3) is 0.400. The third-order valence-electron chi connectivity index (χ3n) is 5.32. The standard InChI is InChI=1S/C20H23N5O2/c26-19(16-4-8-21-9-5-16)24-13-11-23(12-14-24)18-6-10-25(20(18)27)15-17-3-1-2-7-22-17/h1-5,7-9,18H,6,10-15H2. The first-order chi connectivity index (χ1) is 13.2. The number of aromatic nitrogens is 2. The quantitative estimate of drug-likeness (QED) is 0.810. The van der Waals surface area contributed by atoms with E-state index < -0.39 is 0 Å². The van der Waals surface area contributed by atoms with E-state index in [9.17, 15) is 9.59 Å². The topological polar surface area (TPSA) is 69.6 Å². The molecule has 0 aromatic carbocycles. The number of pyridine rings is 2. The van der Waals surface area contributed by atoms with Gasteiger partial charge in [-0.3, -0.25) is 24.5 Å². The van der Waals surface area contributed by atoms with Crippen LogP contribution in [0.2, 0.25) is 0 Å². The molecule has 1 atom stereocenters. The summed E-state index contributed by atoms with van der Waals surface area (Å²) in [6.45, 7) is 4.07. The summed E-state index contributed by atoms with van der Waals surface area (Å²) in [5.41, 5.74) is 1.58. The molecule has 4 heterocycles. The molecular weight excluding hydrogens is 342 g/mol. The Bertz CT molecular complexity index is 791. The average molecular weight is 365 g/mol. The maximum atomic E-state index is 12.8. The first kappa shape index (κ1) is 17.6. The van der Waals surface area contributed by atoms with Crippen LogP contribution in [0.1, 0.15) is 22.5 Å². The van der Waals surface area contributed by atoms with E-state index in [0.29, 0.717) is 25.2 Å². The Balaban J connectivity index is 1.32. The van der Waals surface area contributed by atoms with E-state index in [1.807, 2.05) is 28.0 Å². The molecule has 7 nitrogen and oxygen atoms in total. The highest BCUT2D eigenvalue weighted by Crippen LogP contribution is 2.21. The van der Waals surface area contributed by atoms with Gasteiger partial charge in [0, 0.05) is 56.9 Å². The number of likely N-dealkylation sites (tertiary alicyclic amines) is 1. The van der Waals surface area contributed by atoms with Gasteiger partial charge in [-0.25, -0.2) is 0 Å². The summed E-state index contributed by atoms with van der Waals surface area (Å²) in [6, 6.07) is 9.18. The Morgan fingerprint density at radius 3 is 2.48 bits per heavy atom. The van der Waals surface area contributed by atoms with Crippen LogP contribution in [0.5, 0.6) is 0 Å². The maximum absolute atomic E-state index is 12.8. The second-order valence-electron chi connectivity index (χ2n) is 6.95. The van der Waals surface area contributed by atoms with Gasteiger partial charge in [0.2, 0.25) is 5.91 Å². The molecule has 2 saturated heterocycles. The fourth-order valence-corrected chi connectivity index (χ4v) is 3.82. The highest BCUT2D eigenvalue weighted by atomic mass is 16.2. The van der Waals surface area contributed by atoms with Gasteiger partial charge in [0.25, 0.3) is 5.91 Å². The zero-order chi connectivity index (χ0) is 18.6. The molecule has 2 aromatic rings. The van der Waals surface area contributed by atoms with Crippen molar-refractivity contribution < 1.29 is 9.59 Å². The van der Waals surface area contributed by atoms with E-state index in [1.165, 1.54) is 0 Å². The number of rotatable bonds is 4. The Morgan fingerprint density at radius 1 is 1.00 bits per heavy atom. The van der Waals surface area contributed by atoms with E-state index in [2.05, 4.69) is 14.9 Å². The smallest absolute Gasteiger partial charge is 0.254 e. The van der Waals surface area contributed by atoms with E-state index in [0.717, 1.165) is 31.7 Å². The second kappa shape index (κ2) is 7.84. The number of amides is 2. The van der Waals surface area contributed by atoms with Gasteiger partial charge in [0.1, 0.15) is 0 Å². The van der Waals surface area contributed by atoms with Gasteiger partial charge in [-0.2, -0.15) is 0 Å². The number of piperazine rings is 1. The van der Waals surface area contributed by atoms with Crippen LogP contribution in [-0.2, 0) is 11.3 Å². The summed E-state index contributed by atoms with van der Waals surface area (Å²) in [5.74, 6) is 0.209. The SMILES string of the molecule is O=C(c1ccncc1)N1CCN(C2CCN(Cc3ccccn3)C2=O)CC1. The van der Waals surface area contributed by atoms with E-state index >= 15 is 0 Å². The zero-order valence-electron chi connectivity index (χ0n) is 15.2. The normalized spacial score (nSPS) is 20.9. The molecule has 2 aliphatic heterocycles. The summed E-state index contributed by atoms with van der Waals surface area (Å²) < 4.78 is 0. The Labute approximate surface area is 158 Å². The third kappa shape index (κ3) is 3.83. The van der Waals surface area contributed by atoms with E-state index in [1.54, 1.807) is 30.7 Å². The number of hydrogen-bond donors (Lipinski definition) is 0. The lowest BCUT2D eigenvalue weighted by Gasteiger charge is -2.37. The van der Waals surface area contributed by atoms with Crippen molar-refractivity contribution in [2.24, 2.45) is 0 Å². The molecule has 140 valence electrons. The van der Waals surface area contributed by atoms with Crippen molar-refractivity contribution in [2.75, 3.05) is 32.7 Å². The van der Waals surface area contributed by atoms with Crippen LogP contribution < -0.4 is 0 Å². The van der Waals surface area contributed by atoms with Crippen LogP contribution in [0.4, 0.5) is 0 Å². The van der Waals surface area contributed by atoms with Crippen LogP contribution >= 0.6 is 0 Å². The van der Waals surface area contributed by atoms with Crippen molar-refractivity contribution in [1.82, 2.24) is 24.7 Å². The molecule has 27 heavy (non-hydrogen) atoms. The zero-order valence-corrected chi connectivity index (χ0v) is 15.2. The highest BCUT2D eigenvalue weighted by molar-refractivity contribution is 5.94. The van der Waals surface area contributed by atoms with Crippen LogP contribution in [0.15, 0.2) is 48.9 Å². The molecule has 1 unspecified atom stereocenters. The van der Waals surface area contributed by atoms with Crippen molar-refractivity contribution in [3.05, 3.63) is 60.2 Å². The molecule has 0 aliphatic carbocycles. The summed E-state index contributed by atoms with van der Waals surface area (Å²) in [6.07, 6.45) is 5.87. The van der Waals surface area contributed by atoms with Gasteiger partial charge in [-0.15, -0.1) is 0 Å². The fourth-order valence-electron chi connectivity index (χ4n) is 3.82. The minimum atomic E-state index is -0.0770. The van der Waals surface area contributed by atoms with Crippen LogP contribution in [-0.4, -0.2) is 75.2 Å². The minimum Gasteiger partial charge on any atom is -0.336 e. The molecule has 2 fully saturated rings. The molecule has 7 heteroatoms. The number of nitrogens with zero attached hydrogens (tertiary/aromatic N) is 5. The Morgan fingerprint density at radius 2 is 1.78 bits per heavy atom. The number of carbonyl (C=O) groups is 2. The van der Waals surface area contributed by atoms with Crippen molar-refractivity contribution in [3.8, 4) is 0 Å². The number of carbonyl (C=O) groups excluding carboxylic acids is 2. The maximum Gasteiger partial charge on any atom is 0.254 e. The first-order valence-electron chi connectivity index (χ1n) is 9.34. The van der Waals surface area contributed by atoms with Gasteiger partial charge >= 0.3 is 0 Å². The Kier molecular flexibility index (Phi) is 5.11. The first-order valence-corrected chi connectivity index (χ1v) is 9.34. The summed E-state index contributed by atoms with van der Waals surface area (Å²) in [5, 5.41) is 0. The molecule has 0 spiro atoms. The predicted octanol–water partition coefficient (Wildman–Crippen LogP) is 1.04. The van der Waals surface area contributed by atoms with E-state index in [4.69, 9.17) is 0 Å². The molecule has 2 aromatic heterocycles. The molecule has 2 amide bonds. The number of hydrogen-bond acceptors (Lipinski definition) is 5. The lowest BCUT2D eigenvalue weighted by Crippen LogP contribution is -2.53. The van der Waals surface area contributed by atoms with Gasteiger partial charge in [-0.05, 0) is 30.7 Å². The summed E-state index contributed by atoms with van der Waals surface area (Å²) in [4.78, 5) is 39.6. The van der Waals surface area contributed by atoms with Gasteiger partial charge in [0.15, 0.2) is 0 Å². The second-order valence-corrected chi connectivity index (χ2v) is 6.95. The molecule has 0 N–H and O–H groups in total. The van der Waals surface area contributed by atoms with Gasteiger partial charge in [-0.1, -0.05) is 6.07 Å². The minimum absolute atomic E-state index is 0.0339. The largest absolute Gasteiger partial charge is 0.336 e. The molecule has 0 saturated carbocycles. The summed E-state index contributed by atoms with van der Waals surface area (Å²) in [7, 11) is 0. The van der Waals surface area contributed by atoms with Crippen molar-refractivity contribution in [1.29, 1.82) is 0 Å². The molecule has 4 rings (SSSR count). The third-order valence-corrected chi connectivity index (χ3v) is 5.32. The average Bonchev–Trinajstić information content (AvgIpc) is 3.09. The monoisotopic (exact) mass is 365 g/mol. The van der Waals surface area contributed by atoms with Crippen molar-refractivity contribution in [3.63, 3.8) is 0 Å². The van der Waals surface area contributed by atoms with Gasteiger partial charge < -0.3 is 9.80 Å². The van der Waals surface area contributed by atoms with Crippen molar-refractivity contribution in [2.45, 2.75) is 19.0 Å². The molecule has 0 radical (unpaired) electrons. The lowest BCUT2D eigenvalue weighted by molar-refractivity contribution is -0.133. The van der Waals surface area contributed by atoms with Crippen LogP contribution in [0.25, 0.3) is 0 Å². The lowest BCUT2D eigenvalue weighted by atomic mass is 10.1. The molecular formula is C20H23N5O2. The summed E-state index contributed by atoms with van der Waals surface area (Å²) >= 11 is 0. The van der Waals surface area contributed by atoms with Crippen LogP contribution in [0.3, 0.4) is 0 Å². The highest BCUT2D eigenvalue weighted by Gasteiger charge is 2.37. The van der Waals surface area contributed by atoms with Gasteiger partial charge in [0.05, 0.1) is 18.3 Å². The predicted molar refractivity (Wildman–Crippen MR) is 99.8 cm³/mol. The van der Waals surface area contributed by atoms with Crippen LogP contribution in [0, 0.1) is 0 Å².